The molecule has 0 aromatic carbocycles. The van der Waals surface area contributed by atoms with Gasteiger partial charge in [-0.25, -0.2) is 9.78 Å². The van der Waals surface area contributed by atoms with E-state index in [1.54, 1.807) is 15.2 Å². The summed E-state index contributed by atoms with van der Waals surface area (Å²) in [6.45, 7) is 8.61. The molecule has 2 aliphatic heterocycles. The predicted octanol–water partition coefficient (Wildman–Crippen LogP) is 3.53. The normalized spacial score (nSPS) is 20.9. The number of hydrogen-bond donors (Lipinski definition) is 0. The molecule has 9 heteroatoms. The fraction of sp³-hybridized carbons (Fsp3) is 0.714. The molecule has 0 aliphatic carbocycles. The molecule has 2 atom stereocenters. The SMILES string of the molecule is C[C@@H](OC(=O)Cc1csc(N2CCCC2=O)n1)[C@@H]1CCCCN1C(=O)OC(C)(C)C. The average molecular weight is 438 g/mol. The highest BCUT2D eigenvalue weighted by molar-refractivity contribution is 7.14. The Balaban J connectivity index is 1.57. The third kappa shape index (κ3) is 5.71. The summed E-state index contributed by atoms with van der Waals surface area (Å²) in [6, 6.07) is -0.203. The first-order valence-corrected chi connectivity index (χ1v) is 11.5. The van der Waals surface area contributed by atoms with E-state index in [0.717, 1.165) is 25.7 Å². The van der Waals surface area contributed by atoms with E-state index >= 15 is 0 Å². The molecule has 0 bridgehead atoms. The van der Waals surface area contributed by atoms with Gasteiger partial charge in [-0.15, -0.1) is 11.3 Å². The van der Waals surface area contributed by atoms with E-state index in [4.69, 9.17) is 9.47 Å². The van der Waals surface area contributed by atoms with E-state index in [0.29, 0.717) is 30.3 Å². The minimum Gasteiger partial charge on any atom is -0.460 e. The number of likely N-dealkylation sites (tertiary alicyclic amines) is 1. The van der Waals surface area contributed by atoms with E-state index in [-0.39, 0.29) is 30.4 Å². The maximum absolute atomic E-state index is 12.6. The van der Waals surface area contributed by atoms with Crippen molar-refractivity contribution in [3.05, 3.63) is 11.1 Å². The molecule has 2 aliphatic rings. The highest BCUT2D eigenvalue weighted by Gasteiger charge is 2.35. The van der Waals surface area contributed by atoms with Crippen molar-refractivity contribution in [3.63, 3.8) is 0 Å². The summed E-state index contributed by atoms with van der Waals surface area (Å²) in [5.74, 6) is -0.312. The summed E-state index contributed by atoms with van der Waals surface area (Å²) in [6.07, 6.45) is 3.27. The van der Waals surface area contributed by atoms with E-state index in [2.05, 4.69) is 4.98 Å². The van der Waals surface area contributed by atoms with Gasteiger partial charge < -0.3 is 14.4 Å². The van der Waals surface area contributed by atoms with Crippen LogP contribution in [0.15, 0.2) is 5.38 Å². The topological polar surface area (TPSA) is 89.0 Å². The number of piperidine rings is 1. The van der Waals surface area contributed by atoms with Crippen molar-refractivity contribution in [1.82, 2.24) is 9.88 Å². The third-order valence-electron chi connectivity index (χ3n) is 5.21. The van der Waals surface area contributed by atoms with Crippen molar-refractivity contribution in [2.45, 2.75) is 84.0 Å². The molecule has 2 fully saturated rings. The summed E-state index contributed by atoms with van der Waals surface area (Å²) >= 11 is 1.37. The Morgan fingerprint density at radius 3 is 2.70 bits per heavy atom. The number of rotatable bonds is 5. The lowest BCUT2D eigenvalue weighted by Crippen LogP contribution is -2.51. The molecule has 1 aromatic heterocycles. The molecule has 0 saturated carbocycles. The van der Waals surface area contributed by atoms with Crippen LogP contribution >= 0.6 is 11.3 Å². The van der Waals surface area contributed by atoms with Gasteiger partial charge in [0, 0.05) is 24.9 Å². The lowest BCUT2D eigenvalue weighted by atomic mass is 9.98. The Morgan fingerprint density at radius 1 is 1.27 bits per heavy atom. The molecular formula is C21H31N3O5S. The van der Waals surface area contributed by atoms with Crippen molar-refractivity contribution in [1.29, 1.82) is 0 Å². The van der Waals surface area contributed by atoms with Gasteiger partial charge in [-0.3, -0.25) is 14.5 Å². The zero-order valence-electron chi connectivity index (χ0n) is 18.2. The molecule has 8 nitrogen and oxygen atoms in total. The van der Waals surface area contributed by atoms with Crippen LogP contribution < -0.4 is 4.90 Å². The van der Waals surface area contributed by atoms with Gasteiger partial charge in [-0.1, -0.05) is 0 Å². The number of thiazole rings is 1. The summed E-state index contributed by atoms with van der Waals surface area (Å²) in [7, 11) is 0. The van der Waals surface area contributed by atoms with Crippen molar-refractivity contribution in [2.24, 2.45) is 0 Å². The standard InChI is InChI=1S/C21H31N3O5S/c1-14(16-8-5-6-10-23(16)20(27)29-21(2,3)4)28-18(26)12-15-13-30-19(22-15)24-11-7-9-17(24)25/h13-14,16H,5-12H2,1-4H3/t14-,16+/m1/s1. The number of hydrogen-bond acceptors (Lipinski definition) is 7. The largest absolute Gasteiger partial charge is 0.460 e. The first-order chi connectivity index (χ1) is 14.1. The second-order valence-corrected chi connectivity index (χ2v) is 9.72. The first kappa shape index (κ1) is 22.5. The minimum atomic E-state index is -0.571. The number of esters is 1. The van der Waals surface area contributed by atoms with Crippen LogP contribution in [0.3, 0.4) is 0 Å². The van der Waals surface area contributed by atoms with Gasteiger partial charge in [-0.2, -0.15) is 0 Å². The van der Waals surface area contributed by atoms with Gasteiger partial charge in [0.05, 0.1) is 18.2 Å². The zero-order valence-corrected chi connectivity index (χ0v) is 19.0. The van der Waals surface area contributed by atoms with Gasteiger partial charge in [-0.05, 0) is 53.4 Å². The molecule has 30 heavy (non-hydrogen) atoms. The van der Waals surface area contributed by atoms with Crippen LogP contribution in [0.25, 0.3) is 0 Å². The van der Waals surface area contributed by atoms with Crippen molar-refractivity contribution < 1.29 is 23.9 Å². The van der Waals surface area contributed by atoms with Crippen LogP contribution in [0.5, 0.6) is 0 Å². The smallest absolute Gasteiger partial charge is 0.410 e. The van der Waals surface area contributed by atoms with Gasteiger partial charge in [0.1, 0.15) is 11.7 Å². The first-order valence-electron chi connectivity index (χ1n) is 10.6. The molecule has 0 unspecified atom stereocenters. The highest BCUT2D eigenvalue weighted by atomic mass is 32.1. The predicted molar refractivity (Wildman–Crippen MR) is 114 cm³/mol. The molecule has 3 rings (SSSR count). The van der Waals surface area contributed by atoms with Crippen molar-refractivity contribution in [3.8, 4) is 0 Å². The molecule has 166 valence electrons. The van der Waals surface area contributed by atoms with Gasteiger partial charge in [0.25, 0.3) is 0 Å². The number of nitrogens with zero attached hydrogens (tertiary/aromatic N) is 3. The molecule has 1 aromatic rings. The fourth-order valence-corrected chi connectivity index (χ4v) is 4.69. The summed E-state index contributed by atoms with van der Waals surface area (Å²) in [4.78, 5) is 44.7. The fourth-order valence-electron chi connectivity index (χ4n) is 3.82. The maximum atomic E-state index is 12.6. The van der Waals surface area contributed by atoms with Crippen LogP contribution in [0, 0.1) is 0 Å². The van der Waals surface area contributed by atoms with Crippen LogP contribution in [-0.4, -0.2) is 58.7 Å². The molecular weight excluding hydrogens is 406 g/mol. The number of aromatic nitrogens is 1. The van der Waals surface area contributed by atoms with Crippen LogP contribution in [0.1, 0.15) is 65.5 Å². The Kier molecular flexibility index (Phi) is 7.00. The average Bonchev–Trinajstić information content (AvgIpc) is 3.28. The highest BCUT2D eigenvalue weighted by Crippen LogP contribution is 2.27. The van der Waals surface area contributed by atoms with Crippen LogP contribution in [-0.2, 0) is 25.5 Å². The summed E-state index contributed by atoms with van der Waals surface area (Å²) in [5.41, 5.74) is 0.0254. The molecule has 2 amide bonds. The zero-order chi connectivity index (χ0) is 21.9. The minimum absolute atomic E-state index is 0.0437. The third-order valence-corrected chi connectivity index (χ3v) is 6.12. The van der Waals surface area contributed by atoms with E-state index < -0.39 is 11.7 Å². The number of anilines is 1. The Labute approximate surface area is 181 Å². The Morgan fingerprint density at radius 2 is 2.03 bits per heavy atom. The van der Waals surface area contributed by atoms with Gasteiger partial charge in [0.15, 0.2) is 5.13 Å². The van der Waals surface area contributed by atoms with Gasteiger partial charge >= 0.3 is 12.1 Å². The molecule has 0 radical (unpaired) electrons. The Hall–Kier alpha value is -2.16. The quantitative estimate of drug-likeness (QED) is 0.655. The van der Waals surface area contributed by atoms with E-state index in [1.165, 1.54) is 11.3 Å². The maximum Gasteiger partial charge on any atom is 0.410 e. The molecule has 0 N–H and O–H groups in total. The number of carbonyl (C=O) groups excluding carboxylic acids is 3. The monoisotopic (exact) mass is 437 g/mol. The summed E-state index contributed by atoms with van der Waals surface area (Å²) < 4.78 is 11.2. The molecule has 2 saturated heterocycles. The van der Waals surface area contributed by atoms with Gasteiger partial charge in [0.2, 0.25) is 5.91 Å². The van der Waals surface area contributed by atoms with E-state index in [1.807, 2.05) is 27.7 Å². The number of amides is 2. The second-order valence-electron chi connectivity index (χ2n) is 8.88. The Bertz CT molecular complexity index is 788. The van der Waals surface area contributed by atoms with Crippen LogP contribution in [0.4, 0.5) is 9.93 Å². The summed E-state index contributed by atoms with van der Waals surface area (Å²) in [5, 5.41) is 2.43. The van der Waals surface area contributed by atoms with Crippen molar-refractivity contribution >= 4 is 34.4 Å². The van der Waals surface area contributed by atoms with Crippen LogP contribution in [0.2, 0.25) is 0 Å². The second kappa shape index (κ2) is 9.32. The number of carbonyl (C=O) groups is 3. The lowest BCUT2D eigenvalue weighted by Gasteiger charge is -2.39. The molecule has 3 heterocycles. The molecule has 0 spiro atoms. The van der Waals surface area contributed by atoms with E-state index in [9.17, 15) is 14.4 Å². The lowest BCUT2D eigenvalue weighted by molar-refractivity contribution is -0.151. The number of ether oxygens (including phenoxy) is 2. The van der Waals surface area contributed by atoms with Crippen molar-refractivity contribution in [2.75, 3.05) is 18.0 Å².